The normalized spacial score (nSPS) is 14.9. The Bertz CT molecular complexity index is 1370. The standard InChI is InChI=1S/C26H28FN7S/c1-26(2,3)30-23-22(20-5-4-6-21(27)15-20)29-24-34(23)31-25(35-24)33-13-11-32(12-14-33)17-19-9-7-18(16-28)8-10-19/h4-10,15,30H,11-14,17H2,1-3H3. The molecule has 1 N–H and O–H groups in total. The van der Waals surface area contributed by atoms with Crippen molar-refractivity contribution in [2.24, 2.45) is 0 Å². The molecule has 1 saturated heterocycles. The molecule has 2 aromatic heterocycles. The van der Waals surface area contributed by atoms with Crippen LogP contribution in [0.4, 0.5) is 15.3 Å². The summed E-state index contributed by atoms with van der Waals surface area (Å²) in [5.41, 5.74) is 3.13. The molecule has 7 nitrogen and oxygen atoms in total. The van der Waals surface area contributed by atoms with Crippen molar-refractivity contribution < 1.29 is 4.39 Å². The average molecular weight is 490 g/mol. The van der Waals surface area contributed by atoms with Crippen molar-refractivity contribution in [3.63, 3.8) is 0 Å². The fourth-order valence-corrected chi connectivity index (χ4v) is 5.16. The van der Waals surface area contributed by atoms with E-state index in [1.54, 1.807) is 17.4 Å². The summed E-state index contributed by atoms with van der Waals surface area (Å²) in [6.45, 7) is 10.8. The smallest absolute Gasteiger partial charge is 0.216 e. The Hall–Kier alpha value is -3.48. The Morgan fingerprint density at radius 1 is 1.09 bits per heavy atom. The summed E-state index contributed by atoms with van der Waals surface area (Å²) in [7, 11) is 0. The number of imidazole rings is 1. The van der Waals surface area contributed by atoms with Crippen LogP contribution in [0.5, 0.6) is 0 Å². The molecule has 1 aliphatic rings. The van der Waals surface area contributed by atoms with Crippen LogP contribution in [0.25, 0.3) is 16.2 Å². The summed E-state index contributed by atoms with van der Waals surface area (Å²) in [5, 5.41) is 18.4. The summed E-state index contributed by atoms with van der Waals surface area (Å²) in [5.74, 6) is 0.494. The van der Waals surface area contributed by atoms with Crippen molar-refractivity contribution in [2.45, 2.75) is 32.9 Å². The quantitative estimate of drug-likeness (QED) is 0.425. The minimum absolute atomic E-state index is 0.209. The zero-order valence-corrected chi connectivity index (χ0v) is 20.9. The van der Waals surface area contributed by atoms with E-state index >= 15 is 0 Å². The van der Waals surface area contributed by atoms with Crippen LogP contribution >= 0.6 is 11.3 Å². The number of nitrogens with zero attached hydrogens (tertiary/aromatic N) is 6. The van der Waals surface area contributed by atoms with Crippen LogP contribution in [0.15, 0.2) is 48.5 Å². The lowest BCUT2D eigenvalue weighted by Gasteiger charge is -2.34. The van der Waals surface area contributed by atoms with Crippen LogP contribution in [-0.4, -0.2) is 51.2 Å². The van der Waals surface area contributed by atoms with E-state index in [0.717, 1.165) is 54.2 Å². The Morgan fingerprint density at radius 2 is 1.83 bits per heavy atom. The molecule has 0 amide bonds. The Morgan fingerprint density at radius 3 is 2.49 bits per heavy atom. The van der Waals surface area contributed by atoms with Crippen LogP contribution in [-0.2, 0) is 6.54 Å². The van der Waals surface area contributed by atoms with Crippen LogP contribution < -0.4 is 10.2 Å². The summed E-state index contributed by atoms with van der Waals surface area (Å²) in [4.78, 5) is 10.3. The first-order chi connectivity index (χ1) is 16.8. The van der Waals surface area contributed by atoms with E-state index in [4.69, 9.17) is 15.3 Å². The first kappa shape index (κ1) is 23.3. The monoisotopic (exact) mass is 489 g/mol. The molecule has 0 unspecified atom stereocenters. The highest BCUT2D eigenvalue weighted by atomic mass is 32.1. The molecule has 1 fully saturated rings. The summed E-state index contributed by atoms with van der Waals surface area (Å²) in [6.07, 6.45) is 0. The van der Waals surface area contributed by atoms with E-state index in [1.165, 1.54) is 17.7 Å². The van der Waals surface area contributed by atoms with E-state index in [0.29, 0.717) is 11.3 Å². The summed E-state index contributed by atoms with van der Waals surface area (Å²) >= 11 is 1.56. The largest absolute Gasteiger partial charge is 0.364 e. The first-order valence-electron chi connectivity index (χ1n) is 11.7. The third kappa shape index (κ3) is 5.14. The highest BCUT2D eigenvalue weighted by molar-refractivity contribution is 7.20. The second-order valence-corrected chi connectivity index (χ2v) is 10.8. The number of halogens is 1. The molecule has 35 heavy (non-hydrogen) atoms. The van der Waals surface area contributed by atoms with Gasteiger partial charge < -0.3 is 10.2 Å². The van der Waals surface area contributed by atoms with Gasteiger partial charge in [-0.1, -0.05) is 35.6 Å². The van der Waals surface area contributed by atoms with E-state index in [-0.39, 0.29) is 11.4 Å². The molecule has 0 atom stereocenters. The lowest BCUT2D eigenvalue weighted by atomic mass is 10.1. The number of piperazine rings is 1. The number of anilines is 2. The predicted molar refractivity (Wildman–Crippen MR) is 138 cm³/mol. The maximum Gasteiger partial charge on any atom is 0.216 e. The zero-order valence-electron chi connectivity index (χ0n) is 20.1. The van der Waals surface area contributed by atoms with E-state index in [9.17, 15) is 4.39 Å². The molecule has 0 radical (unpaired) electrons. The second kappa shape index (κ2) is 9.29. The van der Waals surface area contributed by atoms with Gasteiger partial charge in [-0.15, -0.1) is 5.10 Å². The SMILES string of the molecule is CC(C)(C)Nc1c(-c2cccc(F)c2)nc2sc(N3CCN(Cc4ccc(C#N)cc4)CC3)nn12. The topological polar surface area (TPSA) is 72.5 Å². The summed E-state index contributed by atoms with van der Waals surface area (Å²) in [6, 6.07) is 16.5. The van der Waals surface area contributed by atoms with Crippen molar-refractivity contribution in [2.75, 3.05) is 36.4 Å². The molecular weight excluding hydrogens is 461 g/mol. The van der Waals surface area contributed by atoms with Gasteiger partial charge in [-0.3, -0.25) is 4.90 Å². The predicted octanol–water partition coefficient (Wildman–Crippen LogP) is 5.00. The molecule has 0 saturated carbocycles. The molecular formula is C26H28FN7S. The maximum atomic E-state index is 13.9. The van der Waals surface area contributed by atoms with Gasteiger partial charge in [0.15, 0.2) is 5.82 Å². The molecule has 3 heterocycles. The number of rotatable bonds is 5. The fraction of sp³-hybridized carbons (Fsp3) is 0.346. The number of aromatic nitrogens is 3. The molecule has 0 spiro atoms. The zero-order chi connectivity index (χ0) is 24.6. The molecule has 2 aromatic carbocycles. The van der Waals surface area contributed by atoms with Crippen molar-refractivity contribution >= 4 is 27.2 Å². The van der Waals surface area contributed by atoms with Gasteiger partial charge >= 0.3 is 0 Å². The van der Waals surface area contributed by atoms with Crippen molar-refractivity contribution in [3.8, 4) is 17.3 Å². The van der Waals surface area contributed by atoms with Gasteiger partial charge in [0, 0.05) is 43.8 Å². The number of hydrogen-bond donors (Lipinski definition) is 1. The van der Waals surface area contributed by atoms with Crippen LogP contribution in [0, 0.1) is 17.1 Å². The number of hydrogen-bond acceptors (Lipinski definition) is 7. The van der Waals surface area contributed by atoms with Crippen molar-refractivity contribution in [1.29, 1.82) is 5.26 Å². The third-order valence-corrected chi connectivity index (χ3v) is 6.89. The molecule has 1 aliphatic heterocycles. The molecule has 9 heteroatoms. The van der Waals surface area contributed by atoms with Crippen LogP contribution in [0.3, 0.4) is 0 Å². The van der Waals surface area contributed by atoms with Gasteiger partial charge in [0.2, 0.25) is 10.1 Å². The maximum absolute atomic E-state index is 13.9. The minimum Gasteiger partial charge on any atom is -0.364 e. The average Bonchev–Trinajstić information content (AvgIpc) is 3.38. The molecule has 5 rings (SSSR count). The fourth-order valence-electron chi connectivity index (χ4n) is 4.21. The lowest BCUT2D eigenvalue weighted by molar-refractivity contribution is 0.249. The Kier molecular flexibility index (Phi) is 6.17. The summed E-state index contributed by atoms with van der Waals surface area (Å²) < 4.78 is 15.8. The Balaban J connectivity index is 1.34. The molecule has 0 aliphatic carbocycles. The lowest BCUT2D eigenvalue weighted by Crippen LogP contribution is -2.46. The third-order valence-electron chi connectivity index (χ3n) is 5.92. The second-order valence-electron chi connectivity index (χ2n) is 9.85. The van der Waals surface area contributed by atoms with Gasteiger partial charge in [0.25, 0.3) is 0 Å². The Labute approximate surface area is 208 Å². The number of nitriles is 1. The van der Waals surface area contributed by atoms with Crippen LogP contribution in [0.2, 0.25) is 0 Å². The highest BCUT2D eigenvalue weighted by Gasteiger charge is 2.25. The highest BCUT2D eigenvalue weighted by Crippen LogP contribution is 2.35. The van der Waals surface area contributed by atoms with Crippen molar-refractivity contribution in [3.05, 3.63) is 65.5 Å². The number of nitrogens with one attached hydrogen (secondary N) is 1. The van der Waals surface area contributed by atoms with Crippen molar-refractivity contribution in [1.82, 2.24) is 19.5 Å². The van der Waals surface area contributed by atoms with Gasteiger partial charge in [0.05, 0.1) is 11.6 Å². The number of benzene rings is 2. The molecule has 4 aromatic rings. The minimum atomic E-state index is -0.284. The number of fused-ring (bicyclic) bond motifs is 1. The molecule has 180 valence electrons. The van der Waals surface area contributed by atoms with Gasteiger partial charge in [-0.05, 0) is 50.6 Å². The van der Waals surface area contributed by atoms with E-state index < -0.39 is 0 Å². The van der Waals surface area contributed by atoms with Gasteiger partial charge in [-0.2, -0.15) is 9.78 Å². The van der Waals surface area contributed by atoms with Gasteiger partial charge in [-0.25, -0.2) is 9.37 Å². The first-order valence-corrected chi connectivity index (χ1v) is 12.5. The van der Waals surface area contributed by atoms with E-state index in [2.05, 4.69) is 42.0 Å². The van der Waals surface area contributed by atoms with E-state index in [1.807, 2.05) is 34.8 Å². The molecule has 0 bridgehead atoms. The van der Waals surface area contributed by atoms with Crippen LogP contribution in [0.1, 0.15) is 31.9 Å². The van der Waals surface area contributed by atoms with Gasteiger partial charge in [0.1, 0.15) is 11.5 Å².